The topological polar surface area (TPSA) is 98.0 Å². The van der Waals surface area contributed by atoms with Gasteiger partial charge in [-0.1, -0.05) is 30.4 Å². The van der Waals surface area contributed by atoms with Crippen LogP contribution in [0.2, 0.25) is 0 Å². The number of primary amides is 1. The molecule has 0 aliphatic carbocycles. The number of rotatable bonds is 5. The number of nitrogens with one attached hydrogen (secondary N) is 1. The number of carbonyl (C=O) groups excluding carboxylic acids is 1. The fourth-order valence-corrected chi connectivity index (χ4v) is 5.10. The number of benzene rings is 1. The third-order valence-corrected chi connectivity index (χ3v) is 6.56. The van der Waals surface area contributed by atoms with Crippen molar-refractivity contribution in [2.45, 2.75) is 32.2 Å². The Labute approximate surface area is 165 Å². The fraction of sp³-hybridized carbons (Fsp3) is 0.421. The monoisotopic (exact) mass is 404 g/mol. The third kappa shape index (κ3) is 3.24. The van der Waals surface area contributed by atoms with Gasteiger partial charge < -0.3 is 15.7 Å². The van der Waals surface area contributed by atoms with Gasteiger partial charge in [0, 0.05) is 25.2 Å². The maximum Gasteiger partial charge on any atom is 0.235 e. The Kier molecular flexibility index (Phi) is 5.03. The molecule has 3 heterocycles. The van der Waals surface area contributed by atoms with Crippen LogP contribution in [0.3, 0.4) is 0 Å². The number of hydrogen-bond acceptors (Lipinski definition) is 5. The van der Waals surface area contributed by atoms with Crippen molar-refractivity contribution in [1.29, 1.82) is 0 Å². The quantitative estimate of drug-likeness (QED) is 0.592. The van der Waals surface area contributed by atoms with Gasteiger partial charge >= 0.3 is 0 Å². The molecule has 9 heteroatoms. The van der Waals surface area contributed by atoms with Crippen molar-refractivity contribution in [3.05, 3.63) is 46.3 Å². The number of aromatic hydroxyl groups is 1. The third-order valence-electron chi connectivity index (χ3n) is 5.48. The van der Waals surface area contributed by atoms with E-state index in [0.29, 0.717) is 53.6 Å². The minimum atomic E-state index is -0.395. The molecule has 3 aromatic rings. The number of aryl methyl sites for hydroxylation is 1. The van der Waals surface area contributed by atoms with Crippen LogP contribution in [0.4, 0.5) is 4.39 Å². The van der Waals surface area contributed by atoms with Gasteiger partial charge in [-0.05, 0) is 12.1 Å². The van der Waals surface area contributed by atoms with Gasteiger partial charge in [0.2, 0.25) is 16.7 Å². The van der Waals surface area contributed by atoms with Crippen LogP contribution in [0, 0.1) is 11.7 Å². The number of thiazole rings is 1. The number of likely N-dealkylation sites (tertiary alicyclic amines) is 1. The predicted molar refractivity (Wildman–Crippen MR) is 103 cm³/mol. The molecule has 28 heavy (non-hydrogen) atoms. The maximum atomic E-state index is 14.7. The Hall–Kier alpha value is -2.52. The molecule has 4 rings (SSSR count). The average Bonchev–Trinajstić information content (AvgIpc) is 3.23. The normalized spacial score (nSPS) is 21.1. The Morgan fingerprint density at radius 2 is 2.14 bits per heavy atom. The number of nitrogens with zero attached hydrogens (tertiary/aromatic N) is 3. The van der Waals surface area contributed by atoms with Crippen molar-refractivity contribution in [1.82, 2.24) is 14.6 Å². The van der Waals surface area contributed by atoms with Crippen molar-refractivity contribution in [2.24, 2.45) is 11.7 Å². The number of fused-ring (bicyclic) bond motifs is 1. The van der Waals surface area contributed by atoms with E-state index < -0.39 is 6.04 Å². The highest BCUT2D eigenvalue weighted by atomic mass is 32.1. The molecule has 1 saturated heterocycles. The summed E-state index contributed by atoms with van der Waals surface area (Å²) in [6.45, 7) is 3.28. The van der Waals surface area contributed by atoms with E-state index in [-0.39, 0.29) is 23.5 Å². The van der Waals surface area contributed by atoms with Crippen LogP contribution < -0.4 is 10.6 Å². The van der Waals surface area contributed by atoms with Crippen molar-refractivity contribution in [3.63, 3.8) is 0 Å². The van der Waals surface area contributed by atoms with Crippen LogP contribution in [-0.2, 0) is 11.2 Å². The number of halogens is 1. The second-order valence-electron chi connectivity index (χ2n) is 7.16. The van der Waals surface area contributed by atoms with Gasteiger partial charge in [0.05, 0.1) is 18.7 Å². The van der Waals surface area contributed by atoms with Gasteiger partial charge in [-0.2, -0.15) is 4.52 Å². The van der Waals surface area contributed by atoms with Crippen molar-refractivity contribution in [3.8, 4) is 5.88 Å². The number of quaternary nitrogens is 1. The average molecular weight is 404 g/mol. The first-order valence-corrected chi connectivity index (χ1v) is 10.3. The molecule has 1 aliphatic rings. The van der Waals surface area contributed by atoms with E-state index >= 15 is 0 Å². The molecule has 1 fully saturated rings. The lowest BCUT2D eigenvalue weighted by atomic mass is 9.93. The van der Waals surface area contributed by atoms with E-state index in [1.165, 1.54) is 21.9 Å². The Bertz CT molecular complexity index is 1010. The summed E-state index contributed by atoms with van der Waals surface area (Å²) in [5.74, 6) is -0.0805. The molecule has 0 bridgehead atoms. The van der Waals surface area contributed by atoms with E-state index in [4.69, 9.17) is 5.73 Å². The van der Waals surface area contributed by atoms with Gasteiger partial charge in [0.1, 0.15) is 10.7 Å². The highest BCUT2D eigenvalue weighted by molar-refractivity contribution is 7.17. The Balaban J connectivity index is 1.76. The number of piperidine rings is 1. The second-order valence-corrected chi connectivity index (χ2v) is 8.16. The van der Waals surface area contributed by atoms with Crippen LogP contribution in [0.5, 0.6) is 5.88 Å². The van der Waals surface area contributed by atoms with Gasteiger partial charge in [0.15, 0.2) is 11.9 Å². The summed E-state index contributed by atoms with van der Waals surface area (Å²) in [6.07, 6.45) is 1.97. The lowest BCUT2D eigenvalue weighted by Crippen LogP contribution is -3.13. The first-order chi connectivity index (χ1) is 13.5. The van der Waals surface area contributed by atoms with E-state index in [2.05, 4.69) is 10.1 Å². The molecule has 1 aliphatic heterocycles. The minimum absolute atomic E-state index is 0.00461. The Morgan fingerprint density at radius 1 is 1.43 bits per heavy atom. The number of carbonyl (C=O) groups is 1. The molecule has 0 spiro atoms. The SMILES string of the molecule is CCc1nc2sc([C@H](c3ccccc3F)[NH+]3CCC(C(N)=O)CC3)c(O)n2n1. The van der Waals surface area contributed by atoms with Gasteiger partial charge in [-0.3, -0.25) is 4.79 Å². The van der Waals surface area contributed by atoms with E-state index in [1.54, 1.807) is 18.2 Å². The molecule has 7 nitrogen and oxygen atoms in total. The molecule has 4 N–H and O–H groups in total. The van der Waals surface area contributed by atoms with E-state index in [1.807, 2.05) is 6.92 Å². The molecule has 0 radical (unpaired) electrons. The fourth-order valence-electron chi connectivity index (χ4n) is 3.95. The summed E-state index contributed by atoms with van der Waals surface area (Å²) in [6, 6.07) is 6.24. The van der Waals surface area contributed by atoms with Gasteiger partial charge in [-0.15, -0.1) is 5.10 Å². The lowest BCUT2D eigenvalue weighted by molar-refractivity contribution is -0.930. The molecule has 1 atom stereocenters. The zero-order chi connectivity index (χ0) is 19.8. The zero-order valence-corrected chi connectivity index (χ0v) is 16.4. The molecule has 1 amide bonds. The molecule has 148 valence electrons. The van der Waals surface area contributed by atoms with E-state index in [9.17, 15) is 14.3 Å². The van der Waals surface area contributed by atoms with Gasteiger partial charge in [0.25, 0.3) is 0 Å². The molecular weight excluding hydrogens is 381 g/mol. The van der Waals surface area contributed by atoms with Crippen molar-refractivity contribution >= 4 is 22.2 Å². The first kappa shape index (κ1) is 18.8. The minimum Gasteiger partial charge on any atom is -0.492 e. The zero-order valence-electron chi connectivity index (χ0n) is 15.6. The number of aromatic nitrogens is 3. The van der Waals surface area contributed by atoms with Crippen molar-refractivity contribution < 1.29 is 19.2 Å². The molecule has 1 aromatic carbocycles. The summed E-state index contributed by atoms with van der Waals surface area (Å²) in [4.78, 5) is 18.3. The van der Waals surface area contributed by atoms with Crippen LogP contribution in [0.25, 0.3) is 4.96 Å². The number of nitrogens with two attached hydrogens (primary N) is 1. The standard InChI is InChI=1S/C19H22FN5O2S/c1-2-14-22-19-25(23-14)18(27)16(28-19)15(12-5-3-4-6-13(12)20)24-9-7-11(8-10-24)17(21)26/h3-6,11,15,27H,2,7-10H2,1H3,(H2,21,26)/p+1/t15-/m0/s1. The summed E-state index contributed by atoms with van der Waals surface area (Å²) in [7, 11) is 0. The van der Waals surface area contributed by atoms with Crippen LogP contribution in [0.1, 0.15) is 42.1 Å². The lowest BCUT2D eigenvalue weighted by Gasteiger charge is -2.33. The van der Waals surface area contributed by atoms with Crippen LogP contribution >= 0.6 is 11.3 Å². The second kappa shape index (κ2) is 7.48. The summed E-state index contributed by atoms with van der Waals surface area (Å²) < 4.78 is 16.1. The largest absolute Gasteiger partial charge is 0.492 e. The summed E-state index contributed by atoms with van der Waals surface area (Å²) in [5.41, 5.74) is 5.98. The van der Waals surface area contributed by atoms with E-state index in [0.717, 1.165) is 4.90 Å². The number of amides is 1. The molecule has 0 saturated carbocycles. The highest BCUT2D eigenvalue weighted by Crippen LogP contribution is 2.36. The molecule has 0 unspecified atom stereocenters. The number of hydrogen-bond donors (Lipinski definition) is 3. The predicted octanol–water partition coefficient (Wildman–Crippen LogP) is 1.07. The summed E-state index contributed by atoms with van der Waals surface area (Å²) in [5, 5.41) is 15.2. The maximum absolute atomic E-state index is 14.7. The molecule has 2 aromatic heterocycles. The molecular formula is C19H23FN5O2S+. The van der Waals surface area contributed by atoms with Crippen LogP contribution in [-0.4, -0.2) is 38.7 Å². The summed E-state index contributed by atoms with van der Waals surface area (Å²) >= 11 is 1.33. The van der Waals surface area contributed by atoms with Crippen LogP contribution in [0.15, 0.2) is 24.3 Å². The highest BCUT2D eigenvalue weighted by Gasteiger charge is 2.37. The van der Waals surface area contributed by atoms with Crippen molar-refractivity contribution in [2.75, 3.05) is 13.1 Å². The first-order valence-electron chi connectivity index (χ1n) is 9.45. The van der Waals surface area contributed by atoms with Gasteiger partial charge in [-0.25, -0.2) is 9.37 Å². The Morgan fingerprint density at radius 3 is 2.75 bits per heavy atom. The smallest absolute Gasteiger partial charge is 0.235 e.